The van der Waals surface area contributed by atoms with Crippen molar-refractivity contribution in [3.05, 3.63) is 23.4 Å². The molecule has 104 valence electrons. The van der Waals surface area contributed by atoms with Crippen molar-refractivity contribution in [3.63, 3.8) is 0 Å². The van der Waals surface area contributed by atoms with Crippen molar-refractivity contribution in [1.29, 1.82) is 0 Å². The van der Waals surface area contributed by atoms with Gasteiger partial charge in [-0.15, -0.1) is 11.6 Å². The second-order valence-corrected chi connectivity index (χ2v) is 6.32. The molecule has 0 N–H and O–H groups in total. The van der Waals surface area contributed by atoms with E-state index in [4.69, 9.17) is 16.6 Å². The lowest BCUT2D eigenvalue weighted by atomic mass is 9.78. The van der Waals surface area contributed by atoms with Gasteiger partial charge in [-0.1, -0.05) is 12.8 Å². The summed E-state index contributed by atoms with van der Waals surface area (Å²) >= 11 is 6.00. The van der Waals surface area contributed by atoms with Crippen LogP contribution < -0.4 is 4.90 Å². The number of aromatic nitrogens is 1. The molecular weight excluding hydrogens is 256 g/mol. The van der Waals surface area contributed by atoms with Crippen molar-refractivity contribution >= 4 is 17.4 Å². The summed E-state index contributed by atoms with van der Waals surface area (Å²) < 4.78 is 0. The molecule has 3 rings (SSSR count). The van der Waals surface area contributed by atoms with Gasteiger partial charge in [0.05, 0.1) is 0 Å². The number of anilines is 1. The summed E-state index contributed by atoms with van der Waals surface area (Å²) in [5.41, 5.74) is 2.29. The minimum absolute atomic E-state index is 0.582. The molecule has 2 fully saturated rings. The summed E-state index contributed by atoms with van der Waals surface area (Å²) in [6.07, 6.45) is 8.28. The second kappa shape index (κ2) is 5.70. The molecule has 2 atom stereocenters. The first kappa shape index (κ1) is 13.2. The van der Waals surface area contributed by atoms with Gasteiger partial charge in [-0.2, -0.15) is 0 Å². The molecule has 1 aromatic rings. The van der Waals surface area contributed by atoms with Crippen LogP contribution >= 0.6 is 11.6 Å². The summed E-state index contributed by atoms with van der Waals surface area (Å²) in [7, 11) is 0. The summed E-state index contributed by atoms with van der Waals surface area (Å²) in [6, 6.07) is 5.01. The lowest BCUT2D eigenvalue weighted by Crippen LogP contribution is -2.47. The van der Waals surface area contributed by atoms with E-state index in [1.54, 1.807) is 0 Å². The SMILES string of the molecule is Cc1cc(CCl)cc(N2CCCC3CCCCC32)n1. The molecule has 0 radical (unpaired) electrons. The average molecular weight is 279 g/mol. The van der Waals surface area contributed by atoms with Gasteiger partial charge in [-0.3, -0.25) is 0 Å². The number of pyridine rings is 1. The van der Waals surface area contributed by atoms with E-state index in [1.807, 2.05) is 0 Å². The predicted octanol–water partition coefficient (Wildman–Crippen LogP) is 4.29. The Labute approximate surface area is 121 Å². The van der Waals surface area contributed by atoms with Gasteiger partial charge >= 0.3 is 0 Å². The molecule has 3 heteroatoms. The zero-order chi connectivity index (χ0) is 13.2. The Morgan fingerprint density at radius 3 is 2.84 bits per heavy atom. The quantitative estimate of drug-likeness (QED) is 0.751. The molecule has 0 spiro atoms. The van der Waals surface area contributed by atoms with Crippen LogP contribution in [0.4, 0.5) is 5.82 Å². The monoisotopic (exact) mass is 278 g/mol. The third kappa shape index (κ3) is 2.74. The Morgan fingerprint density at radius 2 is 2.00 bits per heavy atom. The van der Waals surface area contributed by atoms with Gasteiger partial charge in [0, 0.05) is 24.2 Å². The van der Waals surface area contributed by atoms with Gasteiger partial charge in [0.15, 0.2) is 0 Å². The molecule has 2 unspecified atom stereocenters. The Kier molecular flexibility index (Phi) is 3.97. The molecule has 1 saturated heterocycles. The van der Waals surface area contributed by atoms with Gasteiger partial charge in [0.2, 0.25) is 0 Å². The fraction of sp³-hybridized carbons (Fsp3) is 0.688. The van der Waals surface area contributed by atoms with E-state index in [0.717, 1.165) is 23.5 Å². The summed E-state index contributed by atoms with van der Waals surface area (Å²) in [4.78, 5) is 7.33. The van der Waals surface area contributed by atoms with Gasteiger partial charge in [-0.25, -0.2) is 4.98 Å². The van der Waals surface area contributed by atoms with Crippen molar-refractivity contribution < 1.29 is 0 Å². The lowest BCUT2D eigenvalue weighted by molar-refractivity contribution is 0.242. The zero-order valence-corrected chi connectivity index (χ0v) is 12.5. The number of nitrogens with zero attached hydrogens (tertiary/aromatic N) is 2. The molecule has 2 aliphatic rings. The molecule has 2 nitrogen and oxygen atoms in total. The number of rotatable bonds is 2. The first-order chi connectivity index (χ1) is 9.28. The Hall–Kier alpha value is -0.760. The van der Waals surface area contributed by atoms with Crippen LogP contribution in [0.1, 0.15) is 49.8 Å². The van der Waals surface area contributed by atoms with Crippen LogP contribution in [-0.4, -0.2) is 17.6 Å². The molecule has 19 heavy (non-hydrogen) atoms. The average Bonchev–Trinajstić information content (AvgIpc) is 2.46. The third-order valence-corrected chi connectivity index (χ3v) is 5.00. The van der Waals surface area contributed by atoms with E-state index in [0.29, 0.717) is 5.88 Å². The molecular formula is C16H23ClN2. The highest BCUT2D eigenvalue weighted by Gasteiger charge is 2.33. The normalized spacial score (nSPS) is 27.2. The van der Waals surface area contributed by atoms with E-state index in [2.05, 4.69) is 24.0 Å². The van der Waals surface area contributed by atoms with Crippen LogP contribution in [0.25, 0.3) is 0 Å². The number of halogens is 1. The Bertz CT molecular complexity index is 444. The maximum absolute atomic E-state index is 6.00. The summed E-state index contributed by atoms with van der Waals surface area (Å²) in [5, 5.41) is 0. The van der Waals surface area contributed by atoms with E-state index in [1.165, 1.54) is 50.6 Å². The fourth-order valence-electron chi connectivity index (χ4n) is 3.85. The smallest absolute Gasteiger partial charge is 0.129 e. The maximum atomic E-state index is 6.00. The van der Waals surface area contributed by atoms with Gasteiger partial charge < -0.3 is 4.90 Å². The van der Waals surface area contributed by atoms with Crippen LogP contribution in [0, 0.1) is 12.8 Å². The first-order valence-corrected chi connectivity index (χ1v) is 8.11. The third-order valence-electron chi connectivity index (χ3n) is 4.69. The molecule has 0 amide bonds. The minimum atomic E-state index is 0.582. The van der Waals surface area contributed by atoms with E-state index < -0.39 is 0 Å². The number of hydrogen-bond donors (Lipinski definition) is 0. The molecule has 0 aromatic carbocycles. The van der Waals surface area contributed by atoms with Crippen LogP contribution in [-0.2, 0) is 5.88 Å². The molecule has 1 aromatic heterocycles. The van der Waals surface area contributed by atoms with Crippen LogP contribution in [0.3, 0.4) is 0 Å². The molecule has 0 bridgehead atoms. The van der Waals surface area contributed by atoms with E-state index in [9.17, 15) is 0 Å². The van der Waals surface area contributed by atoms with Crippen molar-refractivity contribution in [1.82, 2.24) is 4.98 Å². The van der Waals surface area contributed by atoms with Crippen molar-refractivity contribution in [2.75, 3.05) is 11.4 Å². The highest BCUT2D eigenvalue weighted by atomic mass is 35.5. The van der Waals surface area contributed by atoms with Gasteiger partial charge in [0.1, 0.15) is 5.82 Å². The number of hydrogen-bond acceptors (Lipinski definition) is 2. The van der Waals surface area contributed by atoms with Crippen molar-refractivity contribution in [3.8, 4) is 0 Å². The molecule has 1 aliphatic carbocycles. The number of piperidine rings is 1. The second-order valence-electron chi connectivity index (χ2n) is 6.06. The summed E-state index contributed by atoms with van der Waals surface area (Å²) in [5.74, 6) is 2.63. The lowest BCUT2D eigenvalue weighted by Gasteiger charge is -2.45. The molecule has 2 heterocycles. The Morgan fingerprint density at radius 1 is 1.21 bits per heavy atom. The number of alkyl halides is 1. The fourth-order valence-corrected chi connectivity index (χ4v) is 4.01. The van der Waals surface area contributed by atoms with Crippen molar-refractivity contribution in [2.24, 2.45) is 5.92 Å². The number of aryl methyl sites for hydroxylation is 1. The molecule has 1 saturated carbocycles. The highest BCUT2D eigenvalue weighted by molar-refractivity contribution is 6.17. The minimum Gasteiger partial charge on any atom is -0.353 e. The van der Waals surface area contributed by atoms with E-state index >= 15 is 0 Å². The number of fused-ring (bicyclic) bond motifs is 1. The highest BCUT2D eigenvalue weighted by Crippen LogP contribution is 2.37. The maximum Gasteiger partial charge on any atom is 0.129 e. The van der Waals surface area contributed by atoms with Crippen LogP contribution in [0.5, 0.6) is 0 Å². The van der Waals surface area contributed by atoms with Crippen LogP contribution in [0.15, 0.2) is 12.1 Å². The topological polar surface area (TPSA) is 16.1 Å². The molecule has 1 aliphatic heterocycles. The predicted molar refractivity (Wildman–Crippen MR) is 80.9 cm³/mol. The van der Waals surface area contributed by atoms with E-state index in [-0.39, 0.29) is 0 Å². The Balaban J connectivity index is 1.89. The van der Waals surface area contributed by atoms with Crippen molar-refractivity contribution in [2.45, 2.75) is 57.4 Å². The van der Waals surface area contributed by atoms with Crippen LogP contribution in [0.2, 0.25) is 0 Å². The zero-order valence-electron chi connectivity index (χ0n) is 11.7. The first-order valence-electron chi connectivity index (χ1n) is 7.58. The standard InChI is InChI=1S/C16H23ClN2/c1-12-9-13(11-17)10-16(18-12)19-8-4-6-14-5-2-3-7-15(14)19/h9-10,14-15H,2-8,11H2,1H3. The van der Waals surface area contributed by atoms with Gasteiger partial charge in [-0.05, 0) is 56.2 Å². The largest absolute Gasteiger partial charge is 0.353 e. The summed E-state index contributed by atoms with van der Waals surface area (Å²) in [6.45, 7) is 3.24. The van der Waals surface area contributed by atoms with Gasteiger partial charge in [0.25, 0.3) is 0 Å².